The molecule has 0 N–H and O–H groups in total. The number of nitrogens with zero attached hydrogens (tertiary/aromatic N) is 2. The first kappa shape index (κ1) is 17.0. The summed E-state index contributed by atoms with van der Waals surface area (Å²) in [6, 6.07) is 13.4. The van der Waals surface area contributed by atoms with Crippen molar-refractivity contribution in [3.05, 3.63) is 71.2 Å². The molecule has 6 nitrogen and oxygen atoms in total. The molecule has 1 aromatic carbocycles. The van der Waals surface area contributed by atoms with Gasteiger partial charge in [0.25, 0.3) is 5.91 Å². The third-order valence-corrected chi connectivity index (χ3v) is 4.25. The number of amides is 1. The summed E-state index contributed by atoms with van der Waals surface area (Å²) in [5.74, 6) is -1.05. The van der Waals surface area contributed by atoms with Crippen LogP contribution in [0.1, 0.15) is 41.4 Å². The summed E-state index contributed by atoms with van der Waals surface area (Å²) < 4.78 is 5.91. The molecule has 0 aliphatic carbocycles. The Morgan fingerprint density at radius 2 is 1.68 bits per heavy atom. The normalized spacial score (nSPS) is 15.4. The number of hydrogen-bond acceptors (Lipinski definition) is 4. The van der Waals surface area contributed by atoms with Crippen LogP contribution >= 0.6 is 0 Å². The smallest absolute Gasteiger partial charge is 0.406 e. The van der Waals surface area contributed by atoms with Gasteiger partial charge in [-0.15, -0.1) is 0 Å². The average molecular weight is 340 g/mol. The molecule has 1 atom stereocenters. The minimum absolute atomic E-state index is 0.144. The van der Waals surface area contributed by atoms with Gasteiger partial charge in [0, 0.05) is 30.8 Å². The van der Waals surface area contributed by atoms with E-state index in [1.165, 1.54) is 18.3 Å². The Balaban J connectivity index is 1.85. The lowest BCUT2D eigenvalue weighted by Crippen LogP contribution is -2.41. The molecule has 1 aromatic heterocycles. The Morgan fingerprint density at radius 1 is 1.00 bits per heavy atom. The van der Waals surface area contributed by atoms with E-state index in [1.54, 1.807) is 35.2 Å². The third kappa shape index (κ3) is 3.96. The van der Waals surface area contributed by atoms with Crippen LogP contribution in [0.2, 0.25) is 0 Å². The van der Waals surface area contributed by atoms with Gasteiger partial charge < -0.3 is 14.8 Å². The highest BCUT2D eigenvalue weighted by Crippen LogP contribution is 2.23. The van der Waals surface area contributed by atoms with Crippen molar-refractivity contribution >= 4 is 11.9 Å². The van der Waals surface area contributed by atoms with Gasteiger partial charge in [-0.3, -0.25) is 4.79 Å². The topological polar surface area (TPSA) is 73.6 Å². The fraction of sp³-hybridized carbons (Fsp3) is 0.316. The van der Waals surface area contributed by atoms with E-state index in [2.05, 4.69) is 0 Å². The molecule has 0 saturated carbocycles. The van der Waals surface area contributed by atoms with Crippen LogP contribution in [0.5, 0.6) is 0 Å². The lowest BCUT2D eigenvalue weighted by atomic mass is 10.1. The fourth-order valence-corrected chi connectivity index (χ4v) is 2.92. The van der Waals surface area contributed by atoms with Gasteiger partial charge in [-0.2, -0.15) is 4.73 Å². The van der Waals surface area contributed by atoms with Gasteiger partial charge in [0.2, 0.25) is 6.10 Å². The molecule has 0 unspecified atom stereocenters. The molecule has 1 aliphatic rings. The summed E-state index contributed by atoms with van der Waals surface area (Å²) in [5, 5.41) is 11.8. The number of piperidine rings is 1. The van der Waals surface area contributed by atoms with E-state index in [1.807, 2.05) is 6.07 Å². The largest absolute Gasteiger partial charge is 0.618 e. The summed E-state index contributed by atoms with van der Waals surface area (Å²) in [7, 11) is 0. The lowest BCUT2D eigenvalue weighted by molar-refractivity contribution is -0.608. The highest BCUT2D eigenvalue weighted by molar-refractivity contribution is 5.90. The Hall–Kier alpha value is -2.89. The number of benzene rings is 1. The molecule has 6 heteroatoms. The fourth-order valence-electron chi connectivity index (χ4n) is 2.92. The highest BCUT2D eigenvalue weighted by Gasteiger charge is 2.32. The molecule has 130 valence electrons. The third-order valence-electron chi connectivity index (χ3n) is 4.25. The van der Waals surface area contributed by atoms with Crippen LogP contribution in [0.3, 0.4) is 0 Å². The Kier molecular flexibility index (Phi) is 5.28. The zero-order valence-electron chi connectivity index (χ0n) is 13.8. The van der Waals surface area contributed by atoms with Crippen molar-refractivity contribution in [3.63, 3.8) is 0 Å². The summed E-state index contributed by atoms with van der Waals surface area (Å²) in [4.78, 5) is 27.1. The van der Waals surface area contributed by atoms with Crippen LogP contribution in [0, 0.1) is 5.21 Å². The van der Waals surface area contributed by atoms with Crippen LogP contribution < -0.4 is 4.73 Å². The van der Waals surface area contributed by atoms with Crippen LogP contribution in [0.4, 0.5) is 0 Å². The predicted molar refractivity (Wildman–Crippen MR) is 90.4 cm³/mol. The minimum Gasteiger partial charge on any atom is -0.618 e. The van der Waals surface area contributed by atoms with E-state index in [-0.39, 0.29) is 11.6 Å². The van der Waals surface area contributed by atoms with Gasteiger partial charge in [0.05, 0.1) is 0 Å². The summed E-state index contributed by atoms with van der Waals surface area (Å²) in [5.41, 5.74) is 0.453. The maximum atomic E-state index is 12.9. The highest BCUT2D eigenvalue weighted by atomic mass is 16.6. The van der Waals surface area contributed by atoms with Crippen molar-refractivity contribution in [1.82, 2.24) is 4.90 Å². The number of carbonyl (C=O) groups is 2. The number of esters is 1. The predicted octanol–water partition coefficient (Wildman–Crippen LogP) is 2.23. The molecule has 0 spiro atoms. The van der Waals surface area contributed by atoms with Crippen molar-refractivity contribution in [2.45, 2.75) is 25.4 Å². The maximum Gasteiger partial charge on any atom is 0.406 e. The van der Waals surface area contributed by atoms with E-state index in [0.717, 1.165) is 19.3 Å². The second-order valence-corrected chi connectivity index (χ2v) is 5.99. The first-order valence-electron chi connectivity index (χ1n) is 8.40. The van der Waals surface area contributed by atoms with Gasteiger partial charge in [0.1, 0.15) is 0 Å². The molecular weight excluding hydrogens is 320 g/mol. The number of aromatic nitrogens is 1. The number of carbonyl (C=O) groups excluding carboxylic acids is 2. The summed E-state index contributed by atoms with van der Waals surface area (Å²) in [6.07, 6.45) is 3.16. The first-order valence-corrected chi connectivity index (χ1v) is 8.40. The summed E-state index contributed by atoms with van der Waals surface area (Å²) >= 11 is 0. The first-order chi connectivity index (χ1) is 12.2. The molecule has 0 radical (unpaired) electrons. The van der Waals surface area contributed by atoms with E-state index in [9.17, 15) is 14.8 Å². The zero-order chi connectivity index (χ0) is 17.6. The van der Waals surface area contributed by atoms with Crippen LogP contribution in [-0.4, -0.2) is 29.9 Å². The van der Waals surface area contributed by atoms with Gasteiger partial charge in [-0.05, 0) is 25.3 Å². The van der Waals surface area contributed by atoms with Gasteiger partial charge >= 0.3 is 11.7 Å². The zero-order valence-corrected chi connectivity index (χ0v) is 13.8. The summed E-state index contributed by atoms with van der Waals surface area (Å²) in [6.45, 7) is 1.32. The van der Waals surface area contributed by atoms with E-state index in [4.69, 9.17) is 4.74 Å². The molecule has 1 saturated heterocycles. The number of pyridine rings is 1. The Bertz CT molecular complexity index is 742. The van der Waals surface area contributed by atoms with Crippen LogP contribution in [0.25, 0.3) is 0 Å². The molecule has 2 aromatic rings. The second-order valence-electron chi connectivity index (χ2n) is 5.99. The van der Waals surface area contributed by atoms with Crippen molar-refractivity contribution in [3.8, 4) is 0 Å². The van der Waals surface area contributed by atoms with E-state index >= 15 is 0 Å². The molecular formula is C19H20N2O4. The van der Waals surface area contributed by atoms with Crippen LogP contribution in [-0.2, 0) is 9.53 Å². The number of ether oxygens (including phenoxy) is 1. The van der Waals surface area contributed by atoms with Gasteiger partial charge in [-0.25, -0.2) is 4.79 Å². The van der Waals surface area contributed by atoms with Crippen molar-refractivity contribution < 1.29 is 19.1 Å². The van der Waals surface area contributed by atoms with E-state index < -0.39 is 12.1 Å². The average Bonchev–Trinajstić information content (AvgIpc) is 2.67. The second kappa shape index (κ2) is 7.79. The Labute approximate surface area is 146 Å². The van der Waals surface area contributed by atoms with Gasteiger partial charge in [-0.1, -0.05) is 30.3 Å². The van der Waals surface area contributed by atoms with Crippen molar-refractivity contribution in [2.75, 3.05) is 13.1 Å². The number of hydrogen-bond donors (Lipinski definition) is 0. The molecule has 3 rings (SSSR count). The van der Waals surface area contributed by atoms with Crippen molar-refractivity contribution in [2.24, 2.45) is 0 Å². The van der Waals surface area contributed by atoms with E-state index in [0.29, 0.717) is 23.4 Å². The molecule has 1 fully saturated rings. The maximum absolute atomic E-state index is 12.9. The molecule has 25 heavy (non-hydrogen) atoms. The molecule has 0 bridgehead atoms. The molecule has 1 amide bonds. The van der Waals surface area contributed by atoms with Gasteiger partial charge in [0.15, 0.2) is 6.20 Å². The molecule has 1 aliphatic heterocycles. The minimum atomic E-state index is -1.05. The SMILES string of the molecule is O=C(O[C@@H](C(=O)N1CCCCC1)c1ccccc1)c1cccc[n+]1[O-]. The standard InChI is InChI=1S/C19H20N2O4/c22-18(20-12-6-2-7-13-20)17(15-9-3-1-4-10-15)25-19(23)16-11-5-8-14-21(16)24/h1,3-5,8-11,14,17H,2,6-7,12-13H2/t17-/m1/s1. The number of likely N-dealkylation sites (tertiary alicyclic amines) is 1. The quantitative estimate of drug-likeness (QED) is 0.486. The van der Waals surface area contributed by atoms with Crippen LogP contribution in [0.15, 0.2) is 54.7 Å². The van der Waals surface area contributed by atoms with Crippen molar-refractivity contribution in [1.29, 1.82) is 0 Å². The lowest BCUT2D eigenvalue weighted by Gasteiger charge is -2.30. The number of rotatable bonds is 4. The Morgan fingerprint density at radius 3 is 2.36 bits per heavy atom. The monoisotopic (exact) mass is 340 g/mol. The molecule has 2 heterocycles.